The van der Waals surface area contributed by atoms with E-state index in [1.807, 2.05) is 20.8 Å². The molecule has 23 heavy (non-hydrogen) atoms. The van der Waals surface area contributed by atoms with Crippen LogP contribution < -0.4 is 10.5 Å². The number of rotatable bonds is 6. The van der Waals surface area contributed by atoms with Crippen LogP contribution in [0.2, 0.25) is 0 Å². The maximum atomic E-state index is 12.4. The predicted molar refractivity (Wildman–Crippen MR) is 93.2 cm³/mol. The zero-order valence-electron chi connectivity index (χ0n) is 13.8. The molecule has 0 aliphatic carbocycles. The minimum absolute atomic E-state index is 0. The lowest BCUT2D eigenvalue weighted by atomic mass is 9.95. The molecule has 0 saturated carbocycles. The second-order valence-corrected chi connectivity index (χ2v) is 7.41. The van der Waals surface area contributed by atoms with Gasteiger partial charge in [-0.2, -0.15) is 5.10 Å². The first-order valence-corrected chi connectivity index (χ1v) is 8.78. The Labute approximate surface area is 143 Å². The molecule has 2 heterocycles. The Bertz CT molecular complexity index is 784. The van der Waals surface area contributed by atoms with Crippen LogP contribution in [0.15, 0.2) is 17.2 Å². The quantitative estimate of drug-likeness (QED) is 0.811. The second-order valence-electron chi connectivity index (χ2n) is 5.65. The molecule has 7 nitrogen and oxygen atoms in total. The molecule has 130 valence electrons. The number of nitrogens with zero attached hydrogens (tertiary/aromatic N) is 3. The number of fused-ring (bicyclic) bond motifs is 1. The third-order valence-corrected chi connectivity index (χ3v) is 5.54. The van der Waals surface area contributed by atoms with E-state index in [2.05, 4.69) is 14.8 Å². The Balaban J connectivity index is 0.00000264. The SMILES string of the molecule is CCC(N)(CC)CNS(=O)(=O)c1cnc2c(c1)c(C)nn2C.Cl. The summed E-state index contributed by atoms with van der Waals surface area (Å²) in [5, 5.41) is 4.98. The van der Waals surface area contributed by atoms with Crippen LogP contribution >= 0.6 is 12.4 Å². The van der Waals surface area contributed by atoms with Gasteiger partial charge in [0.1, 0.15) is 4.90 Å². The smallest absolute Gasteiger partial charge is 0.242 e. The highest BCUT2D eigenvalue weighted by molar-refractivity contribution is 7.89. The molecule has 0 aliphatic rings. The van der Waals surface area contributed by atoms with Gasteiger partial charge in [0.2, 0.25) is 10.0 Å². The molecule has 0 radical (unpaired) electrons. The number of pyridine rings is 1. The Morgan fingerprint density at radius 2 is 1.96 bits per heavy atom. The summed E-state index contributed by atoms with van der Waals surface area (Å²) >= 11 is 0. The molecule has 2 rings (SSSR count). The van der Waals surface area contributed by atoms with Crippen LogP contribution in [0.5, 0.6) is 0 Å². The molecule has 0 aliphatic heterocycles. The first-order valence-electron chi connectivity index (χ1n) is 7.30. The van der Waals surface area contributed by atoms with E-state index in [-0.39, 0.29) is 23.8 Å². The monoisotopic (exact) mass is 361 g/mol. The molecule has 2 aromatic rings. The minimum Gasteiger partial charge on any atom is -0.324 e. The van der Waals surface area contributed by atoms with E-state index in [1.165, 1.54) is 6.20 Å². The third kappa shape index (κ3) is 4.00. The number of halogens is 1. The maximum Gasteiger partial charge on any atom is 0.242 e. The number of aromatic nitrogens is 3. The molecule has 9 heteroatoms. The van der Waals surface area contributed by atoms with Gasteiger partial charge >= 0.3 is 0 Å². The fourth-order valence-electron chi connectivity index (χ4n) is 2.26. The Hall–Kier alpha value is -1.22. The third-order valence-electron chi connectivity index (χ3n) is 4.17. The molecule has 0 aromatic carbocycles. The van der Waals surface area contributed by atoms with E-state index >= 15 is 0 Å². The lowest BCUT2D eigenvalue weighted by Crippen LogP contribution is -2.49. The van der Waals surface area contributed by atoms with Gasteiger partial charge in [0.25, 0.3) is 0 Å². The first kappa shape index (κ1) is 19.8. The molecule has 3 N–H and O–H groups in total. The highest BCUT2D eigenvalue weighted by Crippen LogP contribution is 2.19. The summed E-state index contributed by atoms with van der Waals surface area (Å²) in [6, 6.07) is 1.60. The van der Waals surface area contributed by atoms with Crippen molar-refractivity contribution >= 4 is 33.5 Å². The van der Waals surface area contributed by atoms with Crippen molar-refractivity contribution in [1.29, 1.82) is 0 Å². The number of hydrogen-bond donors (Lipinski definition) is 2. The summed E-state index contributed by atoms with van der Waals surface area (Å²) in [6.45, 7) is 5.92. The molecule has 0 bridgehead atoms. The molecule has 0 amide bonds. The van der Waals surface area contributed by atoms with E-state index in [0.29, 0.717) is 18.5 Å². The summed E-state index contributed by atoms with van der Waals surface area (Å²) < 4.78 is 29.1. The number of hydrogen-bond acceptors (Lipinski definition) is 5. The highest BCUT2D eigenvalue weighted by Gasteiger charge is 2.24. The van der Waals surface area contributed by atoms with Gasteiger partial charge in [0.15, 0.2) is 5.65 Å². The zero-order chi connectivity index (χ0) is 16.5. The largest absolute Gasteiger partial charge is 0.324 e. The first-order chi connectivity index (χ1) is 10.2. The van der Waals surface area contributed by atoms with E-state index in [0.717, 1.165) is 11.1 Å². The van der Waals surface area contributed by atoms with Gasteiger partial charge in [-0.15, -0.1) is 12.4 Å². The summed E-state index contributed by atoms with van der Waals surface area (Å²) in [6.07, 6.45) is 2.75. The van der Waals surface area contributed by atoms with E-state index in [1.54, 1.807) is 17.8 Å². The van der Waals surface area contributed by atoms with Crippen molar-refractivity contribution in [2.45, 2.75) is 44.0 Å². The number of aryl methyl sites for hydroxylation is 2. The summed E-state index contributed by atoms with van der Waals surface area (Å²) in [5.74, 6) is 0. The van der Waals surface area contributed by atoms with Gasteiger partial charge in [-0.3, -0.25) is 4.68 Å². The molecule has 0 saturated heterocycles. The average Bonchev–Trinajstić information content (AvgIpc) is 2.79. The normalized spacial score (nSPS) is 12.4. The summed E-state index contributed by atoms with van der Waals surface area (Å²) in [4.78, 5) is 4.33. The van der Waals surface area contributed by atoms with Crippen LogP contribution in [0, 0.1) is 6.92 Å². The van der Waals surface area contributed by atoms with Crippen molar-refractivity contribution in [3.8, 4) is 0 Å². The molecule has 0 fully saturated rings. The van der Waals surface area contributed by atoms with E-state index < -0.39 is 15.6 Å². The molecular formula is C14H24ClN5O2S. The number of sulfonamides is 1. The lowest BCUT2D eigenvalue weighted by Gasteiger charge is -2.26. The summed E-state index contributed by atoms with van der Waals surface area (Å²) in [5.41, 5.74) is 7.02. The van der Waals surface area contributed by atoms with Crippen LogP contribution in [0.25, 0.3) is 11.0 Å². The summed E-state index contributed by atoms with van der Waals surface area (Å²) in [7, 11) is -1.86. The van der Waals surface area contributed by atoms with Gasteiger partial charge in [-0.25, -0.2) is 18.1 Å². The zero-order valence-corrected chi connectivity index (χ0v) is 15.5. The molecule has 0 atom stereocenters. The molecule has 2 aromatic heterocycles. The van der Waals surface area contributed by atoms with Crippen molar-refractivity contribution in [3.05, 3.63) is 18.0 Å². The van der Waals surface area contributed by atoms with Gasteiger partial charge in [0.05, 0.1) is 5.69 Å². The Morgan fingerprint density at radius 3 is 2.52 bits per heavy atom. The fraction of sp³-hybridized carbons (Fsp3) is 0.571. The highest BCUT2D eigenvalue weighted by atomic mass is 35.5. The van der Waals surface area contributed by atoms with Gasteiger partial charge in [0, 0.05) is 30.7 Å². The Kier molecular flexibility index (Phi) is 6.14. The lowest BCUT2D eigenvalue weighted by molar-refractivity contribution is 0.392. The minimum atomic E-state index is -3.64. The maximum absolute atomic E-state index is 12.4. The van der Waals surface area contributed by atoms with Crippen molar-refractivity contribution in [1.82, 2.24) is 19.5 Å². The molecular weight excluding hydrogens is 338 g/mol. The average molecular weight is 362 g/mol. The van der Waals surface area contributed by atoms with Crippen LogP contribution in [-0.4, -0.2) is 35.3 Å². The predicted octanol–water partition coefficient (Wildman–Crippen LogP) is 1.49. The second kappa shape index (κ2) is 7.12. The standard InChI is InChI=1S/C14H23N5O2S.ClH/c1-5-14(15,6-2)9-17-22(20,21)11-7-12-10(3)18-19(4)13(12)16-8-11;/h7-8,17H,5-6,9,15H2,1-4H3;1H. The molecule has 0 spiro atoms. The number of nitrogens with two attached hydrogens (primary N) is 1. The van der Waals surface area contributed by atoms with Crippen molar-refractivity contribution in [2.24, 2.45) is 12.8 Å². The van der Waals surface area contributed by atoms with E-state index in [4.69, 9.17) is 5.73 Å². The van der Waals surface area contributed by atoms with Crippen LogP contribution in [0.3, 0.4) is 0 Å². The van der Waals surface area contributed by atoms with Crippen molar-refractivity contribution in [2.75, 3.05) is 6.54 Å². The Morgan fingerprint density at radius 1 is 1.35 bits per heavy atom. The number of nitrogens with one attached hydrogen (secondary N) is 1. The van der Waals surface area contributed by atoms with Gasteiger partial charge in [-0.1, -0.05) is 13.8 Å². The van der Waals surface area contributed by atoms with Crippen molar-refractivity contribution in [3.63, 3.8) is 0 Å². The van der Waals surface area contributed by atoms with Crippen molar-refractivity contribution < 1.29 is 8.42 Å². The van der Waals surface area contributed by atoms with E-state index in [9.17, 15) is 8.42 Å². The van der Waals surface area contributed by atoms with Crippen LogP contribution in [0.1, 0.15) is 32.4 Å². The topological polar surface area (TPSA) is 103 Å². The van der Waals surface area contributed by atoms with Crippen LogP contribution in [-0.2, 0) is 17.1 Å². The molecule has 0 unspecified atom stereocenters. The fourth-order valence-corrected chi connectivity index (χ4v) is 3.37. The van der Waals surface area contributed by atoms with Gasteiger partial charge < -0.3 is 5.73 Å². The van der Waals surface area contributed by atoms with Gasteiger partial charge in [-0.05, 0) is 25.8 Å². The van der Waals surface area contributed by atoms with Crippen LogP contribution in [0.4, 0.5) is 0 Å².